The van der Waals surface area contributed by atoms with Gasteiger partial charge < -0.3 is 10.6 Å². The van der Waals surface area contributed by atoms with E-state index in [9.17, 15) is 10.1 Å². The first-order valence-electron chi connectivity index (χ1n) is 6.28. The fraction of sp³-hybridized carbons (Fsp3) is 0.727. The van der Waals surface area contributed by atoms with Crippen molar-refractivity contribution in [3.05, 3.63) is 15.8 Å². The summed E-state index contributed by atoms with van der Waals surface area (Å²) in [6, 6.07) is 0. The van der Waals surface area contributed by atoms with Gasteiger partial charge in [-0.15, -0.1) is 0 Å². The normalized spacial score (nSPS) is 10.6. The molecule has 7 nitrogen and oxygen atoms in total. The summed E-state index contributed by atoms with van der Waals surface area (Å²) in [5, 5.41) is 21.5. The van der Waals surface area contributed by atoms with E-state index in [1.165, 1.54) is 0 Å². The quantitative estimate of drug-likeness (QED) is 0.418. The maximum absolute atomic E-state index is 11.0. The molecule has 0 fully saturated rings. The lowest BCUT2D eigenvalue weighted by Crippen LogP contribution is -2.23. The molecular weight excluding hydrogens is 234 g/mol. The van der Waals surface area contributed by atoms with Crippen LogP contribution in [0.3, 0.4) is 0 Å². The summed E-state index contributed by atoms with van der Waals surface area (Å²) < 4.78 is 1.63. The molecule has 0 aliphatic rings. The smallest absolute Gasteiger partial charge is 0.333 e. The third kappa shape index (κ3) is 3.43. The molecule has 0 spiro atoms. The molecule has 0 aliphatic carbocycles. The van der Waals surface area contributed by atoms with Gasteiger partial charge in [0.25, 0.3) is 0 Å². The molecule has 1 aromatic heterocycles. The predicted molar refractivity (Wildman–Crippen MR) is 70.9 cm³/mol. The van der Waals surface area contributed by atoms with Crippen molar-refractivity contribution in [3.8, 4) is 0 Å². The van der Waals surface area contributed by atoms with Crippen molar-refractivity contribution in [2.24, 2.45) is 0 Å². The van der Waals surface area contributed by atoms with Crippen LogP contribution in [0.5, 0.6) is 0 Å². The van der Waals surface area contributed by atoms with Gasteiger partial charge in [-0.2, -0.15) is 5.10 Å². The van der Waals surface area contributed by atoms with Gasteiger partial charge in [0, 0.05) is 19.6 Å². The van der Waals surface area contributed by atoms with Crippen LogP contribution >= 0.6 is 0 Å². The number of aromatic nitrogens is 2. The predicted octanol–water partition coefficient (Wildman–Crippen LogP) is 1.53. The zero-order valence-corrected chi connectivity index (χ0v) is 11.2. The van der Waals surface area contributed by atoms with Crippen LogP contribution in [-0.4, -0.2) is 34.3 Å². The lowest BCUT2D eigenvalue weighted by atomic mass is 10.4. The lowest BCUT2D eigenvalue weighted by molar-refractivity contribution is -0.384. The minimum Gasteiger partial charge on any atom is -0.363 e. The number of rotatable bonds is 8. The Morgan fingerprint density at radius 1 is 1.33 bits per heavy atom. The van der Waals surface area contributed by atoms with Crippen molar-refractivity contribution >= 4 is 11.5 Å². The Balaban J connectivity index is 2.70. The Kier molecular flexibility index (Phi) is 5.57. The van der Waals surface area contributed by atoms with Gasteiger partial charge in [-0.1, -0.05) is 6.92 Å². The van der Waals surface area contributed by atoms with E-state index < -0.39 is 0 Å². The highest BCUT2D eigenvalue weighted by atomic mass is 16.6. The van der Waals surface area contributed by atoms with E-state index in [-0.39, 0.29) is 10.6 Å². The van der Waals surface area contributed by atoms with Crippen LogP contribution < -0.4 is 10.6 Å². The Hall–Kier alpha value is -1.63. The fourth-order valence-corrected chi connectivity index (χ4v) is 1.77. The summed E-state index contributed by atoms with van der Waals surface area (Å²) in [6.07, 6.45) is 1.08. The monoisotopic (exact) mass is 255 g/mol. The lowest BCUT2D eigenvalue weighted by Gasteiger charge is -2.08. The van der Waals surface area contributed by atoms with Crippen LogP contribution in [0.15, 0.2) is 0 Å². The molecule has 0 aromatic carbocycles. The molecule has 18 heavy (non-hydrogen) atoms. The summed E-state index contributed by atoms with van der Waals surface area (Å²) in [4.78, 5) is 10.6. The molecule has 0 bridgehead atoms. The molecule has 1 heterocycles. The second kappa shape index (κ2) is 6.95. The molecule has 0 radical (unpaired) electrons. The van der Waals surface area contributed by atoms with Crippen molar-refractivity contribution in [2.75, 3.05) is 25.0 Å². The summed E-state index contributed by atoms with van der Waals surface area (Å²) in [7, 11) is 0. The van der Waals surface area contributed by atoms with Crippen LogP contribution in [0.4, 0.5) is 11.5 Å². The van der Waals surface area contributed by atoms with Gasteiger partial charge in [-0.05, 0) is 26.8 Å². The topological polar surface area (TPSA) is 85.0 Å². The highest BCUT2D eigenvalue weighted by molar-refractivity contribution is 5.59. The van der Waals surface area contributed by atoms with E-state index in [0.29, 0.717) is 24.6 Å². The standard InChI is InChI=1S/C11H21N5O2/c1-4-6-12-7-8-13-11-10(16(17)18)9(3)14-15(11)5-2/h12-13H,4-8H2,1-3H3. The van der Waals surface area contributed by atoms with Gasteiger partial charge in [-0.25, -0.2) is 4.68 Å². The van der Waals surface area contributed by atoms with Gasteiger partial charge in [-0.3, -0.25) is 10.1 Å². The van der Waals surface area contributed by atoms with E-state index >= 15 is 0 Å². The second-order valence-corrected chi connectivity index (χ2v) is 4.03. The van der Waals surface area contributed by atoms with Crippen molar-refractivity contribution in [1.29, 1.82) is 0 Å². The summed E-state index contributed by atoms with van der Waals surface area (Å²) in [6.45, 7) is 8.66. The minimum atomic E-state index is -0.379. The molecule has 0 saturated carbocycles. The molecule has 0 unspecified atom stereocenters. The summed E-state index contributed by atoms with van der Waals surface area (Å²) in [5.74, 6) is 0.498. The number of hydrogen-bond acceptors (Lipinski definition) is 5. The zero-order chi connectivity index (χ0) is 13.5. The Morgan fingerprint density at radius 2 is 2.06 bits per heavy atom. The van der Waals surface area contributed by atoms with E-state index in [0.717, 1.165) is 19.5 Å². The van der Waals surface area contributed by atoms with Gasteiger partial charge in [0.15, 0.2) is 0 Å². The molecular formula is C11H21N5O2. The van der Waals surface area contributed by atoms with Crippen molar-refractivity contribution < 1.29 is 4.92 Å². The zero-order valence-electron chi connectivity index (χ0n) is 11.2. The van der Waals surface area contributed by atoms with E-state index in [2.05, 4.69) is 22.7 Å². The van der Waals surface area contributed by atoms with E-state index in [4.69, 9.17) is 0 Å². The molecule has 1 rings (SSSR count). The maximum atomic E-state index is 11.0. The Labute approximate surface area is 107 Å². The number of nitrogens with zero attached hydrogens (tertiary/aromatic N) is 3. The van der Waals surface area contributed by atoms with Crippen LogP contribution in [0, 0.1) is 17.0 Å². The highest BCUT2D eigenvalue weighted by Gasteiger charge is 2.24. The molecule has 0 amide bonds. The molecule has 0 atom stereocenters. The minimum absolute atomic E-state index is 0.0762. The van der Waals surface area contributed by atoms with Crippen LogP contribution in [-0.2, 0) is 6.54 Å². The van der Waals surface area contributed by atoms with Crippen molar-refractivity contribution in [1.82, 2.24) is 15.1 Å². The first-order valence-corrected chi connectivity index (χ1v) is 6.28. The first kappa shape index (κ1) is 14.4. The third-order valence-corrected chi connectivity index (χ3v) is 2.60. The number of hydrogen-bond donors (Lipinski definition) is 2. The van der Waals surface area contributed by atoms with Crippen LogP contribution in [0.2, 0.25) is 0 Å². The number of aryl methyl sites for hydroxylation is 2. The largest absolute Gasteiger partial charge is 0.363 e. The van der Waals surface area contributed by atoms with Gasteiger partial charge in [0.2, 0.25) is 5.82 Å². The highest BCUT2D eigenvalue weighted by Crippen LogP contribution is 2.27. The van der Waals surface area contributed by atoms with E-state index in [1.807, 2.05) is 6.92 Å². The summed E-state index contributed by atoms with van der Waals surface area (Å²) in [5.41, 5.74) is 0.526. The van der Waals surface area contributed by atoms with Crippen LogP contribution in [0.25, 0.3) is 0 Å². The number of anilines is 1. The van der Waals surface area contributed by atoms with E-state index in [1.54, 1.807) is 11.6 Å². The van der Waals surface area contributed by atoms with Crippen molar-refractivity contribution in [3.63, 3.8) is 0 Å². The fourth-order valence-electron chi connectivity index (χ4n) is 1.77. The van der Waals surface area contributed by atoms with Gasteiger partial charge in [0.05, 0.1) is 4.92 Å². The number of nitrogens with one attached hydrogen (secondary N) is 2. The molecule has 102 valence electrons. The van der Waals surface area contributed by atoms with Gasteiger partial charge in [0.1, 0.15) is 5.69 Å². The van der Waals surface area contributed by atoms with Crippen LogP contribution in [0.1, 0.15) is 26.0 Å². The Morgan fingerprint density at radius 3 is 2.61 bits per heavy atom. The molecule has 7 heteroatoms. The number of nitro groups is 1. The SMILES string of the molecule is CCCNCCNc1c([N+](=O)[O-])c(C)nn1CC. The summed E-state index contributed by atoms with van der Waals surface area (Å²) >= 11 is 0. The molecule has 0 saturated heterocycles. The molecule has 0 aliphatic heterocycles. The second-order valence-electron chi connectivity index (χ2n) is 4.03. The van der Waals surface area contributed by atoms with Crippen molar-refractivity contribution in [2.45, 2.75) is 33.7 Å². The first-order chi connectivity index (χ1) is 8.61. The molecule has 2 N–H and O–H groups in total. The van der Waals surface area contributed by atoms with Gasteiger partial charge >= 0.3 is 5.69 Å². The average molecular weight is 255 g/mol. The Bertz CT molecular complexity index is 402. The third-order valence-electron chi connectivity index (χ3n) is 2.60. The average Bonchev–Trinajstić information content (AvgIpc) is 2.65. The molecule has 1 aromatic rings. The maximum Gasteiger partial charge on any atom is 0.333 e.